The fraction of sp³-hybridized carbons (Fsp3) is 0. The Kier molecular flexibility index (Phi) is 8.60. The van der Waals surface area contributed by atoms with Gasteiger partial charge in [0.15, 0.2) is 0 Å². The summed E-state index contributed by atoms with van der Waals surface area (Å²) in [6.45, 7) is 0. The second-order valence-electron chi connectivity index (χ2n) is 17.2. The van der Waals surface area contributed by atoms with Gasteiger partial charge in [-0.3, -0.25) is 0 Å². The first kappa shape index (κ1) is 37.1. The van der Waals surface area contributed by atoms with E-state index in [1.54, 1.807) is 0 Å². The summed E-state index contributed by atoms with van der Waals surface area (Å²) in [5.74, 6) is 0. The number of hydrogen-bond acceptors (Lipinski definition) is 1. The fourth-order valence-corrected chi connectivity index (χ4v) is 10.6. The number of hydrogen-bond donors (Lipinski definition) is 0. The van der Waals surface area contributed by atoms with Gasteiger partial charge in [0, 0.05) is 17.1 Å². The van der Waals surface area contributed by atoms with E-state index in [4.69, 9.17) is 0 Å². The Morgan fingerprint density at radius 3 is 1.12 bits per heavy atom. The van der Waals surface area contributed by atoms with E-state index in [0.29, 0.717) is 0 Å². The van der Waals surface area contributed by atoms with Crippen molar-refractivity contribution < 1.29 is 0 Å². The number of benzene rings is 12. The van der Waals surface area contributed by atoms with Gasteiger partial charge in [0.05, 0.1) is 0 Å². The Bertz CT molecular complexity index is 3920. The van der Waals surface area contributed by atoms with E-state index in [1.165, 1.54) is 108 Å². The highest BCUT2D eigenvalue weighted by atomic mass is 15.1. The molecule has 1 heteroatoms. The van der Waals surface area contributed by atoms with E-state index >= 15 is 0 Å². The molecule has 0 aliphatic carbocycles. The lowest BCUT2D eigenvalue weighted by molar-refractivity contribution is 1.29. The van der Waals surface area contributed by atoms with Gasteiger partial charge < -0.3 is 4.90 Å². The standard InChI is InChI=1S/C64H41N/c1-3-14-42(15-4-1)44-28-33-49(34-29-44)65(50-35-30-45(31-36-50)43-16-5-2-6-17-43)51-37-39-57-55-23-10-8-21-53(55)52-20-7-9-22-54(52)56-24-11-12-25-58(56)64-59-38-32-47-19-13-18-46-26-27-48(63(59)62(46)47)40-61(64)60(57)41-51/h1-41H. The van der Waals surface area contributed by atoms with Crippen LogP contribution in [-0.2, 0) is 0 Å². The minimum Gasteiger partial charge on any atom is -0.310 e. The van der Waals surface area contributed by atoms with Gasteiger partial charge in [-0.15, -0.1) is 0 Å². The highest BCUT2D eigenvalue weighted by molar-refractivity contribution is 6.36. The second-order valence-corrected chi connectivity index (χ2v) is 17.2. The van der Waals surface area contributed by atoms with Crippen molar-refractivity contribution >= 4 is 103 Å². The molecule has 0 spiro atoms. The van der Waals surface area contributed by atoms with Crippen molar-refractivity contribution in [1.29, 1.82) is 0 Å². The molecule has 13 rings (SSSR count). The summed E-state index contributed by atoms with van der Waals surface area (Å²) in [6, 6.07) is 92.0. The third-order valence-electron chi connectivity index (χ3n) is 13.6. The summed E-state index contributed by atoms with van der Waals surface area (Å²) in [5, 5.41) is 19.9. The average molecular weight is 824 g/mol. The van der Waals surface area contributed by atoms with Crippen molar-refractivity contribution in [3.8, 4) is 22.3 Å². The molecule has 0 aromatic heterocycles. The molecular weight excluding hydrogens is 783 g/mol. The molecule has 13 aromatic carbocycles. The first-order valence-corrected chi connectivity index (χ1v) is 22.5. The SMILES string of the molecule is c1ccc(-c2ccc(N(c3ccc(-c4ccccc4)cc3)c3ccc4c5ccccc5c5ccccc5c5ccccc5c5c(cc6ccc7cccc8ccc5c6c78)c4c3)cc2)cc1. The van der Waals surface area contributed by atoms with Crippen LogP contribution in [-0.4, -0.2) is 0 Å². The van der Waals surface area contributed by atoms with Crippen LogP contribution in [0.15, 0.2) is 249 Å². The van der Waals surface area contributed by atoms with Gasteiger partial charge in [0.1, 0.15) is 0 Å². The van der Waals surface area contributed by atoms with E-state index in [-0.39, 0.29) is 0 Å². The third-order valence-corrected chi connectivity index (χ3v) is 13.6. The molecular formula is C64H41N. The average Bonchev–Trinajstić information content (AvgIpc) is 3.38. The quantitative estimate of drug-likeness (QED) is 0.156. The molecule has 0 saturated heterocycles. The van der Waals surface area contributed by atoms with E-state index in [9.17, 15) is 0 Å². The third kappa shape index (κ3) is 6.09. The van der Waals surface area contributed by atoms with Crippen LogP contribution in [0, 0.1) is 0 Å². The molecule has 0 amide bonds. The molecule has 0 N–H and O–H groups in total. The molecule has 0 radical (unpaired) electrons. The van der Waals surface area contributed by atoms with Gasteiger partial charge in [-0.2, -0.15) is 0 Å². The maximum atomic E-state index is 2.48. The van der Waals surface area contributed by atoms with Crippen LogP contribution in [0.25, 0.3) is 108 Å². The zero-order valence-electron chi connectivity index (χ0n) is 35.6. The Hall–Kier alpha value is -8.52. The van der Waals surface area contributed by atoms with E-state index in [0.717, 1.165) is 17.1 Å². The highest BCUT2D eigenvalue weighted by Crippen LogP contribution is 2.45. The van der Waals surface area contributed by atoms with Crippen molar-refractivity contribution in [1.82, 2.24) is 0 Å². The molecule has 302 valence electrons. The molecule has 0 aliphatic heterocycles. The fourth-order valence-electron chi connectivity index (χ4n) is 10.6. The number of fused-ring (bicyclic) bond motifs is 11. The van der Waals surface area contributed by atoms with Gasteiger partial charge >= 0.3 is 0 Å². The smallest absolute Gasteiger partial charge is 0.0468 e. The molecule has 0 saturated carbocycles. The van der Waals surface area contributed by atoms with Gasteiger partial charge in [-0.25, -0.2) is 0 Å². The summed E-state index contributed by atoms with van der Waals surface area (Å²) in [4.78, 5) is 2.42. The van der Waals surface area contributed by atoms with Crippen molar-refractivity contribution in [3.63, 3.8) is 0 Å². The molecule has 1 nitrogen and oxygen atoms in total. The molecule has 0 unspecified atom stereocenters. The first-order chi connectivity index (χ1) is 32.2. The zero-order valence-corrected chi connectivity index (χ0v) is 35.6. The Balaban J connectivity index is 1.19. The van der Waals surface area contributed by atoms with Crippen molar-refractivity contribution in [2.45, 2.75) is 0 Å². The molecule has 0 fully saturated rings. The van der Waals surface area contributed by atoms with Crippen LogP contribution in [0.5, 0.6) is 0 Å². The van der Waals surface area contributed by atoms with Crippen molar-refractivity contribution in [2.75, 3.05) is 4.90 Å². The molecule has 0 atom stereocenters. The van der Waals surface area contributed by atoms with Gasteiger partial charge in [-0.1, -0.05) is 206 Å². The van der Waals surface area contributed by atoms with Crippen LogP contribution in [0.3, 0.4) is 0 Å². The minimum atomic E-state index is 1.09. The summed E-state index contributed by atoms with van der Waals surface area (Å²) >= 11 is 0. The largest absolute Gasteiger partial charge is 0.310 e. The summed E-state index contributed by atoms with van der Waals surface area (Å²) < 4.78 is 0. The molecule has 13 aromatic rings. The topological polar surface area (TPSA) is 3.24 Å². The maximum Gasteiger partial charge on any atom is 0.0468 e. The monoisotopic (exact) mass is 823 g/mol. The lowest BCUT2D eigenvalue weighted by Gasteiger charge is -2.26. The first-order valence-electron chi connectivity index (χ1n) is 22.5. The van der Waals surface area contributed by atoms with Crippen molar-refractivity contribution in [3.05, 3.63) is 249 Å². The number of rotatable bonds is 5. The number of anilines is 3. The summed E-state index contributed by atoms with van der Waals surface area (Å²) in [7, 11) is 0. The van der Waals surface area contributed by atoms with Crippen molar-refractivity contribution in [2.24, 2.45) is 0 Å². The highest BCUT2D eigenvalue weighted by Gasteiger charge is 2.19. The summed E-state index contributed by atoms with van der Waals surface area (Å²) in [6.07, 6.45) is 0. The molecule has 0 bridgehead atoms. The van der Waals surface area contributed by atoms with E-state index in [1.807, 2.05) is 0 Å². The van der Waals surface area contributed by atoms with Gasteiger partial charge in [0.2, 0.25) is 0 Å². The van der Waals surface area contributed by atoms with Gasteiger partial charge in [0.25, 0.3) is 0 Å². The van der Waals surface area contributed by atoms with Crippen LogP contribution in [0.2, 0.25) is 0 Å². The Morgan fingerprint density at radius 2 is 0.585 bits per heavy atom. The second kappa shape index (κ2) is 15.1. The lowest BCUT2D eigenvalue weighted by Crippen LogP contribution is -2.09. The molecule has 0 heterocycles. The zero-order chi connectivity index (χ0) is 42.8. The van der Waals surface area contributed by atoms with Crippen LogP contribution < -0.4 is 4.90 Å². The molecule has 0 aliphatic rings. The molecule has 65 heavy (non-hydrogen) atoms. The predicted octanol–water partition coefficient (Wildman–Crippen LogP) is 18.3. The Labute approximate surface area is 377 Å². The lowest BCUT2D eigenvalue weighted by atomic mass is 9.88. The predicted molar refractivity (Wildman–Crippen MR) is 281 cm³/mol. The van der Waals surface area contributed by atoms with Crippen LogP contribution in [0.4, 0.5) is 17.1 Å². The van der Waals surface area contributed by atoms with E-state index < -0.39 is 0 Å². The van der Waals surface area contributed by atoms with E-state index in [2.05, 4.69) is 254 Å². The summed E-state index contributed by atoms with van der Waals surface area (Å²) in [5.41, 5.74) is 8.05. The van der Waals surface area contributed by atoms with Crippen LogP contribution >= 0.6 is 0 Å². The Morgan fingerprint density at radius 1 is 0.185 bits per heavy atom. The van der Waals surface area contributed by atoms with Gasteiger partial charge in [-0.05, 0) is 151 Å². The minimum absolute atomic E-state index is 1.09. The van der Waals surface area contributed by atoms with Crippen LogP contribution in [0.1, 0.15) is 0 Å². The maximum absolute atomic E-state index is 2.48. The normalized spacial score (nSPS) is 11.7. The number of nitrogens with zero attached hydrogens (tertiary/aromatic N) is 1.